The van der Waals surface area contributed by atoms with Gasteiger partial charge in [-0.05, 0) is 30.5 Å². The smallest absolute Gasteiger partial charge is 0.123 e. The van der Waals surface area contributed by atoms with Crippen LogP contribution in [0.1, 0.15) is 12.0 Å². The van der Waals surface area contributed by atoms with E-state index >= 15 is 0 Å². The lowest BCUT2D eigenvalue weighted by molar-refractivity contribution is 0.613. The largest absolute Gasteiger partial charge is 0.336 e. The Bertz CT molecular complexity index is 439. The van der Waals surface area contributed by atoms with Gasteiger partial charge in [0.1, 0.15) is 5.82 Å². The van der Waals surface area contributed by atoms with E-state index in [1.54, 1.807) is 24.7 Å². The Morgan fingerprint density at radius 2 is 2.06 bits per heavy atom. The Kier molecular flexibility index (Phi) is 4.15. The lowest BCUT2D eigenvalue weighted by Gasteiger charge is -2.09. The van der Waals surface area contributed by atoms with Crippen molar-refractivity contribution in [1.82, 2.24) is 9.55 Å². The van der Waals surface area contributed by atoms with Gasteiger partial charge in [0.15, 0.2) is 0 Å². The molecule has 17 heavy (non-hydrogen) atoms. The van der Waals surface area contributed by atoms with Gasteiger partial charge < -0.3 is 4.57 Å². The summed E-state index contributed by atoms with van der Waals surface area (Å²) >= 11 is 6.23. The molecule has 0 aliphatic carbocycles. The van der Waals surface area contributed by atoms with Crippen molar-refractivity contribution in [1.29, 1.82) is 0 Å². The molecule has 0 N–H and O–H groups in total. The maximum atomic E-state index is 12.7. The zero-order chi connectivity index (χ0) is 12.1. The Morgan fingerprint density at radius 1 is 1.29 bits per heavy atom. The van der Waals surface area contributed by atoms with Crippen molar-refractivity contribution < 1.29 is 4.39 Å². The second-order valence-electron chi connectivity index (χ2n) is 4.02. The van der Waals surface area contributed by atoms with E-state index in [2.05, 4.69) is 4.98 Å². The number of nitrogens with zero attached hydrogens (tertiary/aromatic N) is 2. The summed E-state index contributed by atoms with van der Waals surface area (Å²) in [6, 6.07) is 6.56. The van der Waals surface area contributed by atoms with Crippen molar-refractivity contribution in [3.8, 4) is 0 Å². The predicted octanol–water partition coefficient (Wildman–Crippen LogP) is 3.26. The molecule has 0 aliphatic rings. The van der Waals surface area contributed by atoms with Gasteiger partial charge in [-0.15, -0.1) is 11.6 Å². The van der Waals surface area contributed by atoms with E-state index in [-0.39, 0.29) is 11.2 Å². The Labute approximate surface area is 105 Å². The number of hydrogen-bond donors (Lipinski definition) is 0. The molecule has 2 aromatic rings. The molecule has 0 amide bonds. The minimum atomic E-state index is -0.199. The zero-order valence-corrected chi connectivity index (χ0v) is 10.1. The lowest BCUT2D eigenvalue weighted by Crippen LogP contribution is -2.10. The number of aromatic nitrogens is 2. The van der Waals surface area contributed by atoms with Crippen LogP contribution in [0.5, 0.6) is 0 Å². The fourth-order valence-electron chi connectivity index (χ4n) is 1.69. The maximum Gasteiger partial charge on any atom is 0.123 e. The van der Waals surface area contributed by atoms with Crippen LogP contribution < -0.4 is 0 Å². The zero-order valence-electron chi connectivity index (χ0n) is 9.39. The first-order valence-corrected chi connectivity index (χ1v) is 6.02. The lowest BCUT2D eigenvalue weighted by atomic mass is 10.1. The van der Waals surface area contributed by atoms with E-state index < -0.39 is 0 Å². The SMILES string of the molecule is Fc1ccc(CCC(Cl)Cn2ccnc2)cc1. The maximum absolute atomic E-state index is 12.7. The summed E-state index contributed by atoms with van der Waals surface area (Å²) in [6.45, 7) is 0.753. The van der Waals surface area contributed by atoms with Gasteiger partial charge in [-0.25, -0.2) is 9.37 Å². The molecule has 1 atom stereocenters. The molecule has 1 unspecified atom stereocenters. The molecule has 2 rings (SSSR count). The molecule has 2 nitrogen and oxygen atoms in total. The van der Waals surface area contributed by atoms with E-state index in [4.69, 9.17) is 11.6 Å². The number of imidazole rings is 1. The van der Waals surface area contributed by atoms with Crippen LogP contribution in [-0.2, 0) is 13.0 Å². The predicted molar refractivity (Wildman–Crippen MR) is 66.6 cm³/mol. The molecule has 90 valence electrons. The van der Waals surface area contributed by atoms with Crippen molar-refractivity contribution in [2.75, 3.05) is 0 Å². The molecule has 1 heterocycles. The second kappa shape index (κ2) is 5.82. The normalized spacial score (nSPS) is 12.6. The number of rotatable bonds is 5. The van der Waals surface area contributed by atoms with Crippen molar-refractivity contribution in [2.45, 2.75) is 24.8 Å². The molecular weight excluding hydrogens is 239 g/mol. The molecule has 4 heteroatoms. The third-order valence-corrected chi connectivity index (χ3v) is 2.98. The van der Waals surface area contributed by atoms with Crippen LogP contribution in [-0.4, -0.2) is 14.9 Å². The summed E-state index contributed by atoms with van der Waals surface area (Å²) in [5, 5.41) is 0.0641. The van der Waals surface area contributed by atoms with Gasteiger partial charge in [0.05, 0.1) is 11.7 Å². The first-order valence-electron chi connectivity index (χ1n) is 5.58. The molecule has 1 aromatic carbocycles. The molecule has 1 aromatic heterocycles. The van der Waals surface area contributed by atoms with Gasteiger partial charge in [0.2, 0.25) is 0 Å². The summed E-state index contributed by atoms with van der Waals surface area (Å²) < 4.78 is 14.7. The minimum absolute atomic E-state index is 0.0641. The first-order chi connectivity index (χ1) is 8.24. The summed E-state index contributed by atoms with van der Waals surface area (Å²) in [7, 11) is 0. The number of benzene rings is 1. The number of halogens is 2. The quantitative estimate of drug-likeness (QED) is 0.747. The minimum Gasteiger partial charge on any atom is -0.336 e. The van der Waals surface area contributed by atoms with Crippen molar-refractivity contribution in [2.24, 2.45) is 0 Å². The van der Waals surface area contributed by atoms with Gasteiger partial charge in [-0.2, -0.15) is 0 Å². The van der Waals surface area contributed by atoms with Crippen molar-refractivity contribution in [3.63, 3.8) is 0 Å². The van der Waals surface area contributed by atoms with Crippen LogP contribution in [0.4, 0.5) is 4.39 Å². The van der Waals surface area contributed by atoms with Crippen LogP contribution in [0, 0.1) is 5.82 Å². The highest BCUT2D eigenvalue weighted by Gasteiger charge is 2.05. The van der Waals surface area contributed by atoms with Crippen molar-refractivity contribution >= 4 is 11.6 Å². The third-order valence-electron chi connectivity index (χ3n) is 2.63. The molecule has 0 radical (unpaired) electrons. The number of alkyl halides is 1. The Hall–Kier alpha value is -1.35. The highest BCUT2D eigenvalue weighted by molar-refractivity contribution is 6.20. The van der Waals surface area contributed by atoms with Crippen molar-refractivity contribution in [3.05, 3.63) is 54.4 Å². The van der Waals surface area contributed by atoms with Crippen LogP contribution in [0.15, 0.2) is 43.0 Å². The third kappa shape index (κ3) is 3.86. The van der Waals surface area contributed by atoms with Gasteiger partial charge in [-0.1, -0.05) is 12.1 Å². The summed E-state index contributed by atoms with van der Waals surface area (Å²) in [6.07, 6.45) is 7.12. The summed E-state index contributed by atoms with van der Waals surface area (Å²) in [5.41, 5.74) is 1.11. The van der Waals surface area contributed by atoms with Crippen LogP contribution in [0.2, 0.25) is 0 Å². The second-order valence-corrected chi connectivity index (χ2v) is 4.64. The topological polar surface area (TPSA) is 17.8 Å². The average molecular weight is 253 g/mol. The fourth-order valence-corrected chi connectivity index (χ4v) is 1.96. The van der Waals surface area contributed by atoms with Gasteiger partial charge in [0.25, 0.3) is 0 Å². The number of aryl methyl sites for hydroxylation is 1. The molecule has 0 saturated carbocycles. The average Bonchev–Trinajstić information content (AvgIpc) is 2.81. The monoisotopic (exact) mass is 252 g/mol. The first kappa shape index (κ1) is 12.1. The van der Waals surface area contributed by atoms with Crippen LogP contribution in [0.3, 0.4) is 0 Å². The standard InChI is InChI=1S/C13H14ClFN2/c14-12(9-17-8-7-16-10-17)4-1-11-2-5-13(15)6-3-11/h2-3,5-8,10,12H,1,4,9H2. The molecule has 0 saturated heterocycles. The van der Waals surface area contributed by atoms with Gasteiger partial charge in [-0.3, -0.25) is 0 Å². The molecular formula is C13H14ClFN2. The molecule has 0 fully saturated rings. The Morgan fingerprint density at radius 3 is 2.71 bits per heavy atom. The van der Waals surface area contributed by atoms with E-state index in [1.807, 2.05) is 10.8 Å². The summed E-state index contributed by atoms with van der Waals surface area (Å²) in [4.78, 5) is 3.97. The van der Waals surface area contributed by atoms with Crippen LogP contribution in [0.25, 0.3) is 0 Å². The van der Waals surface area contributed by atoms with E-state index in [9.17, 15) is 4.39 Å². The van der Waals surface area contributed by atoms with E-state index in [0.717, 1.165) is 24.9 Å². The van der Waals surface area contributed by atoms with Gasteiger partial charge in [0, 0.05) is 18.9 Å². The summed E-state index contributed by atoms with van der Waals surface area (Å²) in [5.74, 6) is -0.199. The molecule has 0 aliphatic heterocycles. The Balaban J connectivity index is 1.79. The van der Waals surface area contributed by atoms with E-state index in [1.165, 1.54) is 12.1 Å². The molecule has 0 bridgehead atoms. The fraction of sp³-hybridized carbons (Fsp3) is 0.308. The van der Waals surface area contributed by atoms with E-state index in [0.29, 0.717) is 0 Å². The highest BCUT2D eigenvalue weighted by Crippen LogP contribution is 2.12. The van der Waals surface area contributed by atoms with Gasteiger partial charge >= 0.3 is 0 Å². The highest BCUT2D eigenvalue weighted by atomic mass is 35.5. The molecule has 0 spiro atoms. The number of hydrogen-bond acceptors (Lipinski definition) is 1. The van der Waals surface area contributed by atoms with Crippen LogP contribution >= 0.6 is 11.6 Å².